The van der Waals surface area contributed by atoms with Gasteiger partial charge < -0.3 is 0 Å². The Morgan fingerprint density at radius 2 is 1.63 bits per heavy atom. The van der Waals surface area contributed by atoms with Crippen LogP contribution >= 0.6 is 46.3 Å². The molecular formula is C13H6Cl3NOS. The summed E-state index contributed by atoms with van der Waals surface area (Å²) in [5.74, 6) is 0. The minimum atomic E-state index is -0.133. The molecule has 0 aliphatic heterocycles. The smallest absolute Gasteiger partial charge is 0.267 e. The van der Waals surface area contributed by atoms with Gasteiger partial charge in [0.25, 0.3) is 5.56 Å². The molecule has 0 radical (unpaired) electrons. The lowest BCUT2D eigenvalue weighted by molar-refractivity contribution is 1.14. The highest BCUT2D eigenvalue weighted by atomic mass is 35.5. The number of hydrogen-bond donors (Lipinski definition) is 0. The Bertz CT molecular complexity index is 814. The van der Waals surface area contributed by atoms with E-state index in [1.54, 1.807) is 18.2 Å². The second-order valence-electron chi connectivity index (χ2n) is 3.91. The molecule has 0 saturated heterocycles. The van der Waals surface area contributed by atoms with E-state index >= 15 is 0 Å². The monoisotopic (exact) mass is 329 g/mol. The molecule has 6 heteroatoms. The summed E-state index contributed by atoms with van der Waals surface area (Å²) >= 11 is 19.5. The van der Waals surface area contributed by atoms with Gasteiger partial charge in [0.05, 0.1) is 25.8 Å². The van der Waals surface area contributed by atoms with E-state index in [1.165, 1.54) is 15.5 Å². The highest BCUT2D eigenvalue weighted by molar-refractivity contribution is 7.14. The molecular weight excluding hydrogens is 325 g/mol. The van der Waals surface area contributed by atoms with Gasteiger partial charge in [0.15, 0.2) is 0 Å². The summed E-state index contributed by atoms with van der Waals surface area (Å²) in [5, 5.41) is 1.79. The van der Waals surface area contributed by atoms with Crippen molar-refractivity contribution in [2.45, 2.75) is 0 Å². The zero-order valence-electron chi connectivity index (χ0n) is 9.36. The molecule has 1 heterocycles. The number of aromatic nitrogens is 1. The Balaban J connectivity index is 2.37. The first-order valence-electron chi connectivity index (χ1n) is 5.34. The van der Waals surface area contributed by atoms with Crippen LogP contribution in [0.2, 0.25) is 15.1 Å². The van der Waals surface area contributed by atoms with Crippen LogP contribution in [0, 0.1) is 0 Å². The molecule has 0 bridgehead atoms. The fourth-order valence-electron chi connectivity index (χ4n) is 1.85. The van der Waals surface area contributed by atoms with E-state index in [2.05, 4.69) is 0 Å². The molecule has 3 rings (SSSR count). The van der Waals surface area contributed by atoms with Gasteiger partial charge in [-0.1, -0.05) is 58.5 Å². The normalized spacial score (nSPS) is 11.1. The van der Waals surface area contributed by atoms with Gasteiger partial charge in [-0.2, -0.15) is 0 Å². The zero-order valence-corrected chi connectivity index (χ0v) is 12.4. The van der Waals surface area contributed by atoms with E-state index in [9.17, 15) is 4.79 Å². The third-order valence-corrected chi connectivity index (χ3v) is 4.55. The number of hydrogen-bond acceptors (Lipinski definition) is 2. The van der Waals surface area contributed by atoms with E-state index < -0.39 is 0 Å². The first-order valence-corrected chi connectivity index (χ1v) is 7.24. The van der Waals surface area contributed by atoms with Crippen molar-refractivity contribution < 1.29 is 0 Å². The van der Waals surface area contributed by atoms with Crippen LogP contribution in [-0.2, 0) is 0 Å². The second kappa shape index (κ2) is 4.84. The number of fused-ring (bicyclic) bond motifs is 1. The van der Waals surface area contributed by atoms with Crippen molar-refractivity contribution in [2.75, 3.05) is 0 Å². The molecule has 3 aromatic rings. The Morgan fingerprint density at radius 1 is 1.00 bits per heavy atom. The van der Waals surface area contributed by atoms with Crippen molar-refractivity contribution in [2.24, 2.45) is 0 Å². The Hall–Kier alpha value is -1.000. The lowest BCUT2D eigenvalue weighted by Gasteiger charge is -2.06. The first-order chi connectivity index (χ1) is 9.08. The molecule has 0 N–H and O–H groups in total. The Kier molecular flexibility index (Phi) is 3.31. The third-order valence-electron chi connectivity index (χ3n) is 2.68. The van der Waals surface area contributed by atoms with Crippen molar-refractivity contribution >= 4 is 56.4 Å². The summed E-state index contributed by atoms with van der Waals surface area (Å²) in [5.41, 5.74) is 0.339. The number of nitrogens with zero attached hydrogens (tertiary/aromatic N) is 1. The van der Waals surface area contributed by atoms with Crippen LogP contribution in [0.25, 0.3) is 15.8 Å². The highest BCUT2D eigenvalue weighted by Gasteiger charge is 2.15. The predicted octanol–water partition coefficient (Wildman–Crippen LogP) is 5.01. The van der Waals surface area contributed by atoms with Crippen molar-refractivity contribution in [3.63, 3.8) is 0 Å². The standard InChI is InChI=1S/C13H6Cl3NOS/c14-7-5-9(15)12(10(16)6-7)17-13(18)8-3-1-2-4-11(8)19-17/h1-6H. The van der Waals surface area contributed by atoms with Crippen molar-refractivity contribution in [1.82, 2.24) is 3.96 Å². The minimum Gasteiger partial charge on any atom is -0.267 e. The van der Waals surface area contributed by atoms with E-state index in [0.29, 0.717) is 26.1 Å². The summed E-state index contributed by atoms with van der Waals surface area (Å²) < 4.78 is 2.38. The molecule has 0 amide bonds. The number of halogens is 3. The summed E-state index contributed by atoms with van der Waals surface area (Å²) in [4.78, 5) is 12.3. The summed E-state index contributed by atoms with van der Waals surface area (Å²) in [6, 6.07) is 10.5. The van der Waals surface area contributed by atoms with Crippen LogP contribution in [0.5, 0.6) is 0 Å². The average Bonchev–Trinajstić information content (AvgIpc) is 2.66. The molecule has 19 heavy (non-hydrogen) atoms. The zero-order chi connectivity index (χ0) is 13.6. The van der Waals surface area contributed by atoms with Crippen LogP contribution in [0.4, 0.5) is 0 Å². The van der Waals surface area contributed by atoms with E-state index in [1.807, 2.05) is 18.2 Å². The molecule has 0 aliphatic rings. The van der Waals surface area contributed by atoms with Gasteiger partial charge >= 0.3 is 0 Å². The molecule has 0 saturated carbocycles. The Morgan fingerprint density at radius 3 is 2.26 bits per heavy atom. The van der Waals surface area contributed by atoms with Gasteiger partial charge in [-0.25, -0.2) is 3.96 Å². The summed E-state index contributed by atoms with van der Waals surface area (Å²) in [6.45, 7) is 0. The first kappa shape index (κ1) is 13.0. The molecule has 0 fully saturated rings. The molecule has 1 aromatic heterocycles. The quantitative estimate of drug-likeness (QED) is 0.614. The SMILES string of the molecule is O=c1c2ccccc2sn1-c1c(Cl)cc(Cl)cc1Cl. The van der Waals surface area contributed by atoms with Gasteiger partial charge in [-0.15, -0.1) is 0 Å². The van der Waals surface area contributed by atoms with Gasteiger partial charge in [-0.3, -0.25) is 4.79 Å². The molecule has 0 unspecified atom stereocenters. The molecule has 0 spiro atoms. The Labute approximate surface area is 127 Å². The maximum Gasteiger partial charge on any atom is 0.273 e. The molecule has 2 aromatic carbocycles. The van der Waals surface area contributed by atoms with Crippen LogP contribution in [0.1, 0.15) is 0 Å². The van der Waals surface area contributed by atoms with Gasteiger partial charge in [0.1, 0.15) is 0 Å². The van der Waals surface area contributed by atoms with E-state index in [4.69, 9.17) is 34.8 Å². The lowest BCUT2D eigenvalue weighted by atomic mass is 10.3. The molecule has 0 atom stereocenters. The van der Waals surface area contributed by atoms with E-state index in [0.717, 1.165) is 4.70 Å². The summed E-state index contributed by atoms with van der Waals surface area (Å²) in [7, 11) is 0. The lowest BCUT2D eigenvalue weighted by Crippen LogP contribution is -2.11. The highest BCUT2D eigenvalue weighted by Crippen LogP contribution is 2.33. The van der Waals surface area contributed by atoms with Gasteiger partial charge in [0, 0.05) is 5.02 Å². The predicted molar refractivity (Wildman–Crippen MR) is 82.5 cm³/mol. The molecule has 0 aliphatic carbocycles. The van der Waals surface area contributed by atoms with Crippen LogP contribution in [-0.4, -0.2) is 3.96 Å². The van der Waals surface area contributed by atoms with Crippen molar-refractivity contribution in [3.05, 3.63) is 61.8 Å². The van der Waals surface area contributed by atoms with Crippen molar-refractivity contribution in [3.8, 4) is 5.69 Å². The molecule has 2 nitrogen and oxygen atoms in total. The van der Waals surface area contributed by atoms with Crippen molar-refractivity contribution in [1.29, 1.82) is 0 Å². The largest absolute Gasteiger partial charge is 0.273 e. The maximum absolute atomic E-state index is 12.3. The van der Waals surface area contributed by atoms with E-state index in [-0.39, 0.29) is 5.56 Å². The third kappa shape index (κ3) is 2.17. The topological polar surface area (TPSA) is 22.0 Å². The molecule has 96 valence electrons. The van der Waals surface area contributed by atoms with Crippen LogP contribution in [0.3, 0.4) is 0 Å². The van der Waals surface area contributed by atoms with Crippen LogP contribution in [0.15, 0.2) is 41.2 Å². The summed E-state index contributed by atoms with van der Waals surface area (Å²) in [6.07, 6.45) is 0. The fourth-order valence-corrected chi connectivity index (χ4v) is 3.99. The second-order valence-corrected chi connectivity index (χ2v) is 6.14. The number of rotatable bonds is 1. The average molecular weight is 331 g/mol. The van der Waals surface area contributed by atoms with Gasteiger partial charge in [-0.05, 0) is 24.3 Å². The number of benzene rings is 2. The van der Waals surface area contributed by atoms with Crippen LogP contribution < -0.4 is 5.56 Å². The maximum atomic E-state index is 12.3. The minimum absolute atomic E-state index is 0.133. The van der Waals surface area contributed by atoms with Gasteiger partial charge in [0.2, 0.25) is 0 Å². The fraction of sp³-hybridized carbons (Fsp3) is 0.